The molecule has 2 unspecified atom stereocenters. The van der Waals surface area contributed by atoms with Gasteiger partial charge in [-0.15, -0.1) is 10.2 Å². The van der Waals surface area contributed by atoms with Crippen molar-refractivity contribution in [2.75, 3.05) is 6.61 Å². The number of aromatic nitrogens is 3. The zero-order chi connectivity index (χ0) is 11.0. The Balaban J connectivity index is 2.37. The normalized spacial score (nSPS) is 26.5. The summed E-state index contributed by atoms with van der Waals surface area (Å²) in [6.07, 6.45) is 1.18. The lowest BCUT2D eigenvalue weighted by molar-refractivity contribution is 0.107. The zero-order valence-corrected chi connectivity index (χ0v) is 10.0. The van der Waals surface area contributed by atoms with Crippen LogP contribution in [0.4, 0.5) is 0 Å². The molecule has 5 heteroatoms. The van der Waals surface area contributed by atoms with Crippen molar-refractivity contribution in [3.63, 3.8) is 0 Å². The highest BCUT2D eigenvalue weighted by molar-refractivity contribution is 6.28. The van der Waals surface area contributed by atoms with Gasteiger partial charge in [-0.1, -0.05) is 13.8 Å². The second-order valence-electron chi connectivity index (χ2n) is 4.28. The number of ether oxygens (including phenoxy) is 1. The summed E-state index contributed by atoms with van der Waals surface area (Å²) >= 11 is 6.07. The van der Waals surface area contributed by atoms with E-state index in [0.717, 1.165) is 18.9 Å². The van der Waals surface area contributed by atoms with Gasteiger partial charge in [-0.05, 0) is 24.9 Å². The molecule has 1 aromatic heterocycles. The summed E-state index contributed by atoms with van der Waals surface area (Å²) in [5.74, 6) is 1.28. The van der Waals surface area contributed by atoms with Crippen LogP contribution in [-0.4, -0.2) is 27.5 Å². The van der Waals surface area contributed by atoms with Crippen LogP contribution in [-0.2, 0) is 4.74 Å². The molecule has 2 heterocycles. The standard InChI is InChI=1S/C10H16ClN3O/c1-6(2)9-12-13-10(11)14(9)8-4-5-15-7(8)3/h6-8H,4-5H2,1-3H3. The summed E-state index contributed by atoms with van der Waals surface area (Å²) in [5.41, 5.74) is 0. The molecule has 0 saturated carbocycles. The number of nitrogens with zero attached hydrogens (tertiary/aromatic N) is 3. The first-order chi connectivity index (χ1) is 7.11. The number of halogens is 1. The lowest BCUT2D eigenvalue weighted by atomic mass is 10.1. The number of hydrogen-bond donors (Lipinski definition) is 0. The van der Waals surface area contributed by atoms with Crippen LogP contribution in [0, 0.1) is 0 Å². The summed E-state index contributed by atoms with van der Waals surface area (Å²) in [5, 5.41) is 8.53. The van der Waals surface area contributed by atoms with E-state index in [-0.39, 0.29) is 12.1 Å². The van der Waals surface area contributed by atoms with E-state index < -0.39 is 0 Å². The van der Waals surface area contributed by atoms with Crippen molar-refractivity contribution >= 4 is 11.6 Å². The lowest BCUT2D eigenvalue weighted by Gasteiger charge is -2.19. The molecule has 0 N–H and O–H groups in total. The molecule has 2 atom stereocenters. The highest BCUT2D eigenvalue weighted by atomic mass is 35.5. The van der Waals surface area contributed by atoms with Crippen LogP contribution < -0.4 is 0 Å². The summed E-state index contributed by atoms with van der Waals surface area (Å²) < 4.78 is 7.56. The second-order valence-corrected chi connectivity index (χ2v) is 4.62. The third kappa shape index (κ3) is 1.88. The Hall–Kier alpha value is -0.610. The largest absolute Gasteiger partial charge is 0.376 e. The Morgan fingerprint density at radius 1 is 1.47 bits per heavy atom. The van der Waals surface area contributed by atoms with Crippen molar-refractivity contribution in [3.05, 3.63) is 11.1 Å². The van der Waals surface area contributed by atoms with Crippen LogP contribution in [0.25, 0.3) is 0 Å². The average molecular weight is 230 g/mol. The van der Waals surface area contributed by atoms with Gasteiger partial charge < -0.3 is 4.74 Å². The molecule has 1 saturated heterocycles. The molecule has 1 aromatic rings. The smallest absolute Gasteiger partial charge is 0.225 e. The highest BCUT2D eigenvalue weighted by Crippen LogP contribution is 2.31. The fourth-order valence-corrected chi connectivity index (χ4v) is 2.29. The summed E-state index contributed by atoms with van der Waals surface area (Å²) in [4.78, 5) is 0. The van der Waals surface area contributed by atoms with Crippen molar-refractivity contribution < 1.29 is 4.74 Å². The molecule has 1 aliphatic heterocycles. The van der Waals surface area contributed by atoms with Gasteiger partial charge in [0.2, 0.25) is 5.28 Å². The van der Waals surface area contributed by atoms with Crippen molar-refractivity contribution in [2.24, 2.45) is 0 Å². The van der Waals surface area contributed by atoms with Gasteiger partial charge in [-0.3, -0.25) is 4.57 Å². The van der Waals surface area contributed by atoms with E-state index in [9.17, 15) is 0 Å². The van der Waals surface area contributed by atoms with E-state index in [4.69, 9.17) is 16.3 Å². The van der Waals surface area contributed by atoms with Gasteiger partial charge in [0, 0.05) is 12.5 Å². The van der Waals surface area contributed by atoms with Crippen LogP contribution >= 0.6 is 11.6 Å². The predicted octanol–water partition coefficient (Wildman–Crippen LogP) is 2.40. The molecule has 0 spiro atoms. The van der Waals surface area contributed by atoms with Crippen LogP contribution in [0.5, 0.6) is 0 Å². The summed E-state index contributed by atoms with van der Waals surface area (Å²) in [6.45, 7) is 7.05. The molecule has 15 heavy (non-hydrogen) atoms. The minimum Gasteiger partial charge on any atom is -0.376 e. The van der Waals surface area contributed by atoms with Gasteiger partial charge in [0.1, 0.15) is 5.82 Å². The molecule has 84 valence electrons. The molecule has 1 aliphatic rings. The lowest BCUT2D eigenvalue weighted by Crippen LogP contribution is -2.19. The van der Waals surface area contributed by atoms with Crippen molar-refractivity contribution in [3.8, 4) is 0 Å². The first-order valence-electron chi connectivity index (χ1n) is 5.33. The molecule has 4 nitrogen and oxygen atoms in total. The van der Waals surface area contributed by atoms with Crippen LogP contribution in [0.15, 0.2) is 0 Å². The van der Waals surface area contributed by atoms with Crippen LogP contribution in [0.3, 0.4) is 0 Å². The van der Waals surface area contributed by atoms with Crippen molar-refractivity contribution in [1.82, 2.24) is 14.8 Å². The topological polar surface area (TPSA) is 39.9 Å². The van der Waals surface area contributed by atoms with Crippen molar-refractivity contribution in [2.45, 2.75) is 45.3 Å². The Bertz CT molecular complexity index is 350. The van der Waals surface area contributed by atoms with Crippen molar-refractivity contribution in [1.29, 1.82) is 0 Å². The average Bonchev–Trinajstić information content (AvgIpc) is 2.71. The molecule has 0 aliphatic carbocycles. The SMILES string of the molecule is CC(C)c1nnc(Cl)n1C1CCOC1C. The van der Waals surface area contributed by atoms with Gasteiger partial charge in [-0.2, -0.15) is 0 Å². The molecule has 0 radical (unpaired) electrons. The van der Waals surface area contributed by atoms with E-state index in [1.165, 1.54) is 0 Å². The van der Waals surface area contributed by atoms with Gasteiger partial charge in [0.05, 0.1) is 12.1 Å². The van der Waals surface area contributed by atoms with E-state index in [2.05, 4.69) is 31.0 Å². The maximum absolute atomic E-state index is 6.07. The molecular formula is C10H16ClN3O. The second kappa shape index (κ2) is 4.10. The summed E-state index contributed by atoms with van der Waals surface area (Å²) in [7, 11) is 0. The predicted molar refractivity (Wildman–Crippen MR) is 58.2 cm³/mol. The van der Waals surface area contributed by atoms with E-state index >= 15 is 0 Å². The van der Waals surface area contributed by atoms with E-state index in [0.29, 0.717) is 11.2 Å². The monoisotopic (exact) mass is 229 g/mol. The molecule has 0 bridgehead atoms. The van der Waals surface area contributed by atoms with E-state index in [1.54, 1.807) is 0 Å². The first-order valence-corrected chi connectivity index (χ1v) is 5.71. The van der Waals surface area contributed by atoms with Crippen LogP contribution in [0.1, 0.15) is 45.0 Å². The third-order valence-corrected chi connectivity index (χ3v) is 3.12. The molecule has 1 fully saturated rings. The first kappa shape index (κ1) is 10.9. The third-order valence-electron chi connectivity index (χ3n) is 2.86. The number of rotatable bonds is 2. The van der Waals surface area contributed by atoms with Crippen LogP contribution in [0.2, 0.25) is 5.28 Å². The quantitative estimate of drug-likeness (QED) is 0.782. The zero-order valence-electron chi connectivity index (χ0n) is 9.27. The highest BCUT2D eigenvalue weighted by Gasteiger charge is 2.30. The maximum Gasteiger partial charge on any atom is 0.225 e. The minimum atomic E-state index is 0.191. The Morgan fingerprint density at radius 2 is 2.20 bits per heavy atom. The summed E-state index contributed by atoms with van der Waals surface area (Å²) in [6, 6.07) is 0.282. The molecular weight excluding hydrogens is 214 g/mol. The fraction of sp³-hybridized carbons (Fsp3) is 0.800. The number of hydrogen-bond acceptors (Lipinski definition) is 3. The van der Waals surface area contributed by atoms with Gasteiger partial charge in [0.25, 0.3) is 0 Å². The van der Waals surface area contributed by atoms with Gasteiger partial charge in [0.15, 0.2) is 0 Å². The fourth-order valence-electron chi connectivity index (χ4n) is 2.04. The van der Waals surface area contributed by atoms with Gasteiger partial charge >= 0.3 is 0 Å². The minimum absolute atomic E-state index is 0.191. The molecule has 0 amide bonds. The maximum atomic E-state index is 6.07. The Labute approximate surface area is 94.6 Å². The van der Waals surface area contributed by atoms with E-state index in [1.807, 2.05) is 4.57 Å². The molecule has 0 aromatic carbocycles. The Kier molecular flexibility index (Phi) is 2.98. The van der Waals surface area contributed by atoms with Gasteiger partial charge in [-0.25, -0.2) is 0 Å². The molecule has 2 rings (SSSR count). The Morgan fingerprint density at radius 3 is 2.73 bits per heavy atom.